The molecule has 0 spiro atoms. The molecule has 2 aromatic carbocycles. The zero-order valence-electron chi connectivity index (χ0n) is 17.3. The third kappa shape index (κ3) is 4.91. The number of ether oxygens (including phenoxy) is 2. The highest BCUT2D eigenvalue weighted by atomic mass is 32.2. The van der Waals surface area contributed by atoms with Gasteiger partial charge in [-0.25, -0.2) is 8.42 Å². The largest absolute Gasteiger partial charge is 0.497 e. The van der Waals surface area contributed by atoms with Crippen molar-refractivity contribution in [1.29, 1.82) is 0 Å². The van der Waals surface area contributed by atoms with Crippen LogP contribution in [-0.2, 0) is 14.8 Å². The summed E-state index contributed by atoms with van der Waals surface area (Å²) in [5.74, 6) is 0.0689. The van der Waals surface area contributed by atoms with E-state index in [1.165, 1.54) is 24.6 Å². The zero-order chi connectivity index (χ0) is 21.7. The molecule has 30 heavy (non-hydrogen) atoms. The fourth-order valence-corrected chi connectivity index (χ4v) is 5.60. The number of hydrogen-bond acceptors (Lipinski definition) is 6. The maximum atomic E-state index is 13.3. The van der Waals surface area contributed by atoms with E-state index in [2.05, 4.69) is 5.32 Å². The Morgan fingerprint density at radius 1 is 1.17 bits per heavy atom. The van der Waals surface area contributed by atoms with Crippen molar-refractivity contribution in [2.45, 2.75) is 22.6 Å². The Morgan fingerprint density at radius 3 is 2.67 bits per heavy atom. The molecule has 1 amide bonds. The third-order valence-corrected chi connectivity index (χ3v) is 7.69. The lowest BCUT2D eigenvalue weighted by atomic mass is 9.99. The Balaban J connectivity index is 1.79. The van der Waals surface area contributed by atoms with Crippen LogP contribution in [0.3, 0.4) is 0 Å². The summed E-state index contributed by atoms with van der Waals surface area (Å²) in [6.07, 6.45) is 3.21. The van der Waals surface area contributed by atoms with E-state index < -0.39 is 15.9 Å². The first-order valence-electron chi connectivity index (χ1n) is 9.56. The topological polar surface area (TPSA) is 84.9 Å². The van der Waals surface area contributed by atoms with Gasteiger partial charge < -0.3 is 14.8 Å². The quantitative estimate of drug-likeness (QED) is 0.651. The van der Waals surface area contributed by atoms with E-state index >= 15 is 0 Å². The summed E-state index contributed by atoms with van der Waals surface area (Å²) in [7, 11) is -0.938. The van der Waals surface area contributed by atoms with E-state index in [1.54, 1.807) is 23.9 Å². The first kappa shape index (κ1) is 22.5. The van der Waals surface area contributed by atoms with E-state index in [-0.39, 0.29) is 23.1 Å². The van der Waals surface area contributed by atoms with Crippen molar-refractivity contribution in [2.24, 2.45) is 5.92 Å². The van der Waals surface area contributed by atoms with Gasteiger partial charge in [-0.1, -0.05) is 6.07 Å². The monoisotopic (exact) mass is 450 g/mol. The lowest BCUT2D eigenvalue weighted by Gasteiger charge is -2.31. The number of anilines is 1. The fourth-order valence-electron chi connectivity index (χ4n) is 3.44. The molecule has 1 heterocycles. The number of nitrogens with one attached hydrogen (secondary N) is 1. The van der Waals surface area contributed by atoms with Gasteiger partial charge in [0.2, 0.25) is 15.9 Å². The average molecular weight is 451 g/mol. The first-order chi connectivity index (χ1) is 14.4. The molecule has 1 fully saturated rings. The summed E-state index contributed by atoms with van der Waals surface area (Å²) >= 11 is 1.59. The summed E-state index contributed by atoms with van der Waals surface area (Å²) in [5, 5.41) is 2.92. The molecule has 162 valence electrons. The van der Waals surface area contributed by atoms with Crippen LogP contribution in [-0.4, -0.2) is 52.2 Å². The van der Waals surface area contributed by atoms with Gasteiger partial charge in [-0.2, -0.15) is 4.31 Å². The smallest absolute Gasteiger partial charge is 0.246 e. The molecule has 1 N–H and O–H groups in total. The summed E-state index contributed by atoms with van der Waals surface area (Å²) in [6.45, 7) is 0.477. The number of methoxy groups -OCH3 is 2. The molecule has 0 radical (unpaired) electrons. The van der Waals surface area contributed by atoms with E-state index in [0.717, 1.165) is 4.90 Å². The number of thioether (sulfide) groups is 1. The van der Waals surface area contributed by atoms with Crippen molar-refractivity contribution >= 4 is 33.4 Å². The number of hydrogen-bond donors (Lipinski definition) is 1. The molecule has 1 aliphatic rings. The molecule has 1 aliphatic heterocycles. The maximum absolute atomic E-state index is 13.3. The van der Waals surface area contributed by atoms with Gasteiger partial charge in [0.15, 0.2) is 0 Å². The molecule has 7 nitrogen and oxygen atoms in total. The van der Waals surface area contributed by atoms with Crippen LogP contribution in [0.5, 0.6) is 11.5 Å². The summed E-state index contributed by atoms with van der Waals surface area (Å²) in [4.78, 5) is 13.9. The minimum atomic E-state index is -3.84. The number of carbonyl (C=O) groups excluding carboxylic acids is 1. The van der Waals surface area contributed by atoms with Gasteiger partial charge in [0.05, 0.1) is 20.1 Å². The standard InChI is InChI=1S/C21H26N2O5S2/c1-27-17-9-10-19(28-2)20(13-17)30(25,26)23-11-5-6-15(14-23)21(24)22-16-7-4-8-18(12-16)29-3/h4,7-10,12-13,15H,5-6,11,14H2,1-3H3,(H,22,24)/t15-/m0/s1. The number of amides is 1. The maximum Gasteiger partial charge on any atom is 0.246 e. The second-order valence-corrected chi connectivity index (χ2v) is 9.73. The average Bonchev–Trinajstić information content (AvgIpc) is 2.78. The van der Waals surface area contributed by atoms with Crippen molar-refractivity contribution in [2.75, 3.05) is 38.9 Å². The van der Waals surface area contributed by atoms with Gasteiger partial charge in [-0.15, -0.1) is 11.8 Å². The zero-order valence-corrected chi connectivity index (χ0v) is 18.9. The van der Waals surface area contributed by atoms with Gasteiger partial charge in [-0.05, 0) is 49.4 Å². The van der Waals surface area contributed by atoms with Crippen LogP contribution in [0.25, 0.3) is 0 Å². The second kappa shape index (κ2) is 9.72. The molecule has 0 unspecified atom stereocenters. The molecule has 0 bridgehead atoms. The first-order valence-corrected chi connectivity index (χ1v) is 12.2. The van der Waals surface area contributed by atoms with Gasteiger partial charge in [0.25, 0.3) is 0 Å². The van der Waals surface area contributed by atoms with E-state index in [4.69, 9.17) is 9.47 Å². The van der Waals surface area contributed by atoms with Crippen molar-refractivity contribution in [3.05, 3.63) is 42.5 Å². The van der Waals surface area contributed by atoms with Crippen molar-refractivity contribution in [3.8, 4) is 11.5 Å². The van der Waals surface area contributed by atoms with Crippen molar-refractivity contribution < 1.29 is 22.7 Å². The van der Waals surface area contributed by atoms with Crippen LogP contribution < -0.4 is 14.8 Å². The Hall–Kier alpha value is -2.23. The van der Waals surface area contributed by atoms with Crippen molar-refractivity contribution in [3.63, 3.8) is 0 Å². The predicted octanol–water partition coefficient (Wildman–Crippen LogP) is 3.47. The Kier molecular flexibility index (Phi) is 7.27. The lowest BCUT2D eigenvalue weighted by Crippen LogP contribution is -2.43. The highest BCUT2D eigenvalue weighted by molar-refractivity contribution is 7.98. The van der Waals surface area contributed by atoms with Gasteiger partial charge >= 0.3 is 0 Å². The number of piperidine rings is 1. The number of sulfonamides is 1. The minimum Gasteiger partial charge on any atom is -0.497 e. The van der Waals surface area contributed by atoms with Crippen LogP contribution >= 0.6 is 11.8 Å². The summed E-state index contributed by atoms with van der Waals surface area (Å²) in [6, 6.07) is 12.2. The molecule has 1 saturated heterocycles. The number of carbonyl (C=O) groups is 1. The van der Waals surface area contributed by atoms with Crippen LogP contribution in [0.1, 0.15) is 12.8 Å². The molecular weight excluding hydrogens is 424 g/mol. The molecule has 0 aliphatic carbocycles. The minimum absolute atomic E-state index is 0.0399. The van der Waals surface area contributed by atoms with Crippen LogP contribution in [0.4, 0.5) is 5.69 Å². The summed E-state index contributed by atoms with van der Waals surface area (Å²) in [5.41, 5.74) is 0.710. The number of benzene rings is 2. The Bertz CT molecular complexity index is 1010. The van der Waals surface area contributed by atoms with Gasteiger partial charge in [0, 0.05) is 29.7 Å². The highest BCUT2D eigenvalue weighted by Crippen LogP contribution is 2.33. The molecule has 1 atom stereocenters. The van der Waals surface area contributed by atoms with E-state index in [1.807, 2.05) is 30.5 Å². The lowest BCUT2D eigenvalue weighted by molar-refractivity contribution is -0.120. The highest BCUT2D eigenvalue weighted by Gasteiger charge is 2.35. The SMILES string of the molecule is COc1ccc(OC)c(S(=O)(=O)N2CCC[C@H](C(=O)Nc3cccc(SC)c3)C2)c1. The molecule has 9 heteroatoms. The molecule has 0 aromatic heterocycles. The van der Waals surface area contributed by atoms with Crippen LogP contribution in [0.15, 0.2) is 52.3 Å². The molecular formula is C21H26N2O5S2. The normalized spacial score (nSPS) is 17.4. The van der Waals surface area contributed by atoms with Crippen molar-refractivity contribution in [1.82, 2.24) is 4.31 Å². The fraction of sp³-hybridized carbons (Fsp3) is 0.381. The molecule has 0 saturated carbocycles. The number of rotatable bonds is 7. The second-order valence-electron chi connectivity index (χ2n) is 6.94. The van der Waals surface area contributed by atoms with Gasteiger partial charge in [-0.3, -0.25) is 4.79 Å². The third-order valence-electron chi connectivity index (χ3n) is 5.08. The Morgan fingerprint density at radius 2 is 1.97 bits per heavy atom. The summed E-state index contributed by atoms with van der Waals surface area (Å²) < 4.78 is 38.4. The van der Waals surface area contributed by atoms with Crippen LogP contribution in [0.2, 0.25) is 0 Å². The molecule has 2 aromatic rings. The van der Waals surface area contributed by atoms with Crippen LogP contribution in [0, 0.1) is 5.92 Å². The van der Waals surface area contributed by atoms with E-state index in [0.29, 0.717) is 30.8 Å². The number of nitrogens with zero attached hydrogens (tertiary/aromatic N) is 1. The van der Waals surface area contributed by atoms with Gasteiger partial charge in [0.1, 0.15) is 16.4 Å². The molecule has 3 rings (SSSR count). The predicted molar refractivity (Wildman–Crippen MR) is 118 cm³/mol. The Labute approximate surface area is 181 Å². The van der Waals surface area contributed by atoms with E-state index in [9.17, 15) is 13.2 Å².